The van der Waals surface area contributed by atoms with E-state index in [0.29, 0.717) is 12.1 Å². The van der Waals surface area contributed by atoms with Crippen LogP contribution < -0.4 is 5.32 Å². The van der Waals surface area contributed by atoms with E-state index in [0.717, 1.165) is 19.5 Å². The molecule has 2 rings (SSSR count). The quantitative estimate of drug-likeness (QED) is 0.755. The summed E-state index contributed by atoms with van der Waals surface area (Å²) in [6.07, 6.45) is 9.69. The lowest BCUT2D eigenvalue weighted by Crippen LogP contribution is -2.54. The van der Waals surface area contributed by atoms with Crippen molar-refractivity contribution in [3.05, 3.63) is 0 Å². The van der Waals surface area contributed by atoms with E-state index in [2.05, 4.69) is 17.1 Å². The molecule has 2 aliphatic rings. The normalized spacial score (nSPS) is 34.5. The molecule has 0 radical (unpaired) electrons. The molecule has 1 saturated heterocycles. The number of hydrogen-bond donors (Lipinski definition) is 2. The van der Waals surface area contributed by atoms with Crippen LogP contribution in [0.2, 0.25) is 0 Å². The van der Waals surface area contributed by atoms with E-state index >= 15 is 0 Å². The van der Waals surface area contributed by atoms with Crippen LogP contribution in [0.25, 0.3) is 0 Å². The van der Waals surface area contributed by atoms with Crippen molar-refractivity contribution in [2.45, 2.75) is 76.5 Å². The maximum Gasteiger partial charge on any atom is 0.0695 e. The molecule has 3 unspecified atom stereocenters. The lowest BCUT2D eigenvalue weighted by Gasteiger charge is -2.41. The molecule has 2 fully saturated rings. The summed E-state index contributed by atoms with van der Waals surface area (Å²) in [5.41, 5.74) is 0. The van der Waals surface area contributed by atoms with Gasteiger partial charge in [0, 0.05) is 18.6 Å². The van der Waals surface area contributed by atoms with Gasteiger partial charge in [0.25, 0.3) is 0 Å². The second-order valence-electron chi connectivity index (χ2n) is 6.01. The summed E-state index contributed by atoms with van der Waals surface area (Å²) < 4.78 is 0. The average Bonchev–Trinajstić information content (AvgIpc) is 2.62. The zero-order valence-electron chi connectivity index (χ0n) is 11.9. The Morgan fingerprint density at radius 3 is 2.67 bits per heavy atom. The Labute approximate surface area is 112 Å². The van der Waals surface area contributed by atoms with Gasteiger partial charge in [-0.1, -0.05) is 26.2 Å². The van der Waals surface area contributed by atoms with Crippen LogP contribution in [0.1, 0.15) is 58.3 Å². The predicted molar refractivity (Wildman–Crippen MR) is 75.8 cm³/mol. The number of nitrogens with one attached hydrogen (secondary N) is 1. The zero-order valence-corrected chi connectivity index (χ0v) is 11.9. The summed E-state index contributed by atoms with van der Waals surface area (Å²) in [7, 11) is 0. The lowest BCUT2D eigenvalue weighted by atomic mass is 9.98. The van der Waals surface area contributed by atoms with Crippen molar-refractivity contribution >= 4 is 0 Å². The first-order chi connectivity index (χ1) is 8.83. The molecule has 1 heterocycles. The van der Waals surface area contributed by atoms with Crippen LogP contribution in [0.5, 0.6) is 0 Å². The number of rotatable bonds is 4. The second-order valence-corrected chi connectivity index (χ2v) is 6.01. The summed E-state index contributed by atoms with van der Waals surface area (Å²) in [5, 5.41) is 13.9. The number of hydrogen-bond acceptors (Lipinski definition) is 3. The van der Waals surface area contributed by atoms with E-state index in [1.807, 2.05) is 0 Å². The summed E-state index contributed by atoms with van der Waals surface area (Å²) in [5.74, 6) is 0. The van der Waals surface area contributed by atoms with Gasteiger partial charge in [0.1, 0.15) is 0 Å². The van der Waals surface area contributed by atoms with Gasteiger partial charge in [0.15, 0.2) is 0 Å². The molecule has 18 heavy (non-hydrogen) atoms. The molecule has 0 bridgehead atoms. The standard InChI is InChI=1S/C15H30N2O/c1-2-11-17(13-7-6-10-16-12-13)14-8-4-3-5-9-15(14)18/h13-16,18H,2-12H2,1H3. The summed E-state index contributed by atoms with van der Waals surface area (Å²) in [4.78, 5) is 2.63. The highest BCUT2D eigenvalue weighted by atomic mass is 16.3. The molecule has 0 amide bonds. The van der Waals surface area contributed by atoms with E-state index in [1.54, 1.807) is 0 Å². The average molecular weight is 254 g/mol. The van der Waals surface area contributed by atoms with Crippen molar-refractivity contribution in [2.24, 2.45) is 0 Å². The third kappa shape index (κ3) is 3.69. The molecule has 2 N–H and O–H groups in total. The Hall–Kier alpha value is -0.120. The first-order valence-corrected chi connectivity index (χ1v) is 7.97. The number of aliphatic hydroxyl groups excluding tert-OH is 1. The fourth-order valence-electron chi connectivity index (χ4n) is 3.65. The third-order valence-corrected chi connectivity index (χ3v) is 4.59. The Balaban J connectivity index is 2.01. The highest BCUT2D eigenvalue weighted by Gasteiger charge is 2.32. The molecule has 0 aromatic heterocycles. The van der Waals surface area contributed by atoms with E-state index in [-0.39, 0.29) is 6.10 Å². The van der Waals surface area contributed by atoms with Gasteiger partial charge in [0.05, 0.1) is 6.10 Å². The second kappa shape index (κ2) is 7.46. The fraction of sp³-hybridized carbons (Fsp3) is 1.00. The molecule has 3 atom stereocenters. The lowest BCUT2D eigenvalue weighted by molar-refractivity contribution is 0.0130. The molecule has 1 saturated carbocycles. The van der Waals surface area contributed by atoms with Crippen molar-refractivity contribution in [3.8, 4) is 0 Å². The van der Waals surface area contributed by atoms with Gasteiger partial charge >= 0.3 is 0 Å². The number of aliphatic hydroxyl groups is 1. The molecule has 3 heteroatoms. The van der Waals surface area contributed by atoms with Gasteiger partial charge in [-0.3, -0.25) is 4.90 Å². The van der Waals surface area contributed by atoms with Gasteiger partial charge in [-0.25, -0.2) is 0 Å². The van der Waals surface area contributed by atoms with E-state index < -0.39 is 0 Å². The van der Waals surface area contributed by atoms with Crippen molar-refractivity contribution in [1.82, 2.24) is 10.2 Å². The minimum absolute atomic E-state index is 0.0963. The fourth-order valence-corrected chi connectivity index (χ4v) is 3.65. The zero-order chi connectivity index (χ0) is 12.8. The van der Waals surface area contributed by atoms with E-state index in [9.17, 15) is 5.11 Å². The van der Waals surface area contributed by atoms with Crippen LogP contribution in [0.3, 0.4) is 0 Å². The van der Waals surface area contributed by atoms with Crippen LogP contribution in [0.15, 0.2) is 0 Å². The third-order valence-electron chi connectivity index (χ3n) is 4.59. The molecule has 0 aromatic carbocycles. The van der Waals surface area contributed by atoms with Crippen LogP contribution in [-0.4, -0.2) is 47.8 Å². The van der Waals surface area contributed by atoms with Crippen molar-refractivity contribution in [2.75, 3.05) is 19.6 Å². The molecular formula is C15H30N2O. The molecular weight excluding hydrogens is 224 g/mol. The van der Waals surface area contributed by atoms with E-state index in [1.165, 1.54) is 51.5 Å². The van der Waals surface area contributed by atoms with Gasteiger partial charge in [0.2, 0.25) is 0 Å². The number of piperidine rings is 1. The molecule has 1 aliphatic carbocycles. The topological polar surface area (TPSA) is 35.5 Å². The Morgan fingerprint density at radius 1 is 1.11 bits per heavy atom. The van der Waals surface area contributed by atoms with Crippen molar-refractivity contribution in [1.29, 1.82) is 0 Å². The maximum absolute atomic E-state index is 10.4. The summed E-state index contributed by atoms with van der Waals surface area (Å²) >= 11 is 0. The molecule has 106 valence electrons. The molecule has 3 nitrogen and oxygen atoms in total. The highest BCUT2D eigenvalue weighted by Crippen LogP contribution is 2.26. The first-order valence-electron chi connectivity index (χ1n) is 7.97. The van der Waals surface area contributed by atoms with Crippen LogP contribution in [0, 0.1) is 0 Å². The van der Waals surface area contributed by atoms with Crippen LogP contribution in [-0.2, 0) is 0 Å². The van der Waals surface area contributed by atoms with Crippen molar-refractivity contribution in [3.63, 3.8) is 0 Å². The predicted octanol–water partition coefficient (Wildman–Crippen LogP) is 2.14. The van der Waals surface area contributed by atoms with Crippen LogP contribution in [0.4, 0.5) is 0 Å². The smallest absolute Gasteiger partial charge is 0.0695 e. The summed E-state index contributed by atoms with van der Waals surface area (Å²) in [6.45, 7) is 5.69. The maximum atomic E-state index is 10.4. The first kappa shape index (κ1) is 14.3. The van der Waals surface area contributed by atoms with Crippen LogP contribution >= 0.6 is 0 Å². The van der Waals surface area contributed by atoms with Gasteiger partial charge in [-0.2, -0.15) is 0 Å². The minimum Gasteiger partial charge on any atom is -0.391 e. The summed E-state index contributed by atoms with van der Waals surface area (Å²) in [6, 6.07) is 1.06. The Morgan fingerprint density at radius 2 is 1.94 bits per heavy atom. The molecule has 0 aromatic rings. The molecule has 0 spiro atoms. The van der Waals surface area contributed by atoms with Gasteiger partial charge in [-0.05, 0) is 45.2 Å². The highest BCUT2D eigenvalue weighted by molar-refractivity contribution is 4.88. The largest absolute Gasteiger partial charge is 0.391 e. The number of nitrogens with zero attached hydrogens (tertiary/aromatic N) is 1. The Kier molecular flexibility index (Phi) is 5.93. The minimum atomic E-state index is -0.0963. The SMILES string of the molecule is CCCN(C1CCCNC1)C1CCCCCC1O. The Bertz CT molecular complexity index is 229. The van der Waals surface area contributed by atoms with Gasteiger partial charge in [-0.15, -0.1) is 0 Å². The van der Waals surface area contributed by atoms with Gasteiger partial charge < -0.3 is 10.4 Å². The molecule has 1 aliphatic heterocycles. The van der Waals surface area contributed by atoms with Crippen molar-refractivity contribution < 1.29 is 5.11 Å². The van der Waals surface area contributed by atoms with E-state index in [4.69, 9.17) is 0 Å². The monoisotopic (exact) mass is 254 g/mol.